The highest BCUT2D eigenvalue weighted by molar-refractivity contribution is 6.32. The monoisotopic (exact) mass is 408 g/mol. The number of anilines is 1. The van der Waals surface area contributed by atoms with E-state index < -0.39 is 0 Å². The molecule has 0 fully saturated rings. The summed E-state index contributed by atoms with van der Waals surface area (Å²) in [5.74, 6) is 0.877. The first kappa shape index (κ1) is 18.8. The van der Waals surface area contributed by atoms with Crippen molar-refractivity contribution in [2.75, 3.05) is 12.4 Å². The smallest absolute Gasteiger partial charge is 0.291 e. The SMILES string of the molecule is COc1cccc2cc(C(=O)Nc3ccc(OCc4cccnc4)c(Cl)c3)oc12. The molecule has 0 aliphatic heterocycles. The number of nitrogens with zero attached hydrogens (tertiary/aromatic N) is 1. The first-order chi connectivity index (χ1) is 14.1. The van der Waals surface area contributed by atoms with Gasteiger partial charge >= 0.3 is 0 Å². The Hall–Kier alpha value is -3.51. The average molecular weight is 409 g/mol. The van der Waals surface area contributed by atoms with Crippen molar-refractivity contribution >= 4 is 34.2 Å². The van der Waals surface area contributed by atoms with Crippen LogP contribution in [-0.2, 0) is 6.61 Å². The number of furan rings is 1. The molecule has 4 aromatic rings. The number of hydrogen-bond donors (Lipinski definition) is 1. The molecule has 146 valence electrons. The first-order valence-electron chi connectivity index (χ1n) is 8.83. The fraction of sp³-hybridized carbons (Fsp3) is 0.0909. The predicted molar refractivity (Wildman–Crippen MR) is 111 cm³/mol. The molecular formula is C22H17ClN2O4. The summed E-state index contributed by atoms with van der Waals surface area (Å²) in [6, 6.07) is 15.9. The van der Waals surface area contributed by atoms with Gasteiger partial charge in [-0.3, -0.25) is 9.78 Å². The number of amides is 1. The lowest BCUT2D eigenvalue weighted by Gasteiger charge is -2.10. The van der Waals surface area contributed by atoms with E-state index in [-0.39, 0.29) is 11.7 Å². The van der Waals surface area contributed by atoms with Gasteiger partial charge in [0.2, 0.25) is 0 Å². The van der Waals surface area contributed by atoms with Crippen LogP contribution in [0.5, 0.6) is 11.5 Å². The molecule has 0 spiro atoms. The number of ether oxygens (including phenoxy) is 2. The van der Waals surface area contributed by atoms with Gasteiger partial charge in [-0.2, -0.15) is 0 Å². The number of carbonyl (C=O) groups is 1. The van der Waals surface area contributed by atoms with Crippen molar-refractivity contribution in [1.82, 2.24) is 4.98 Å². The zero-order chi connectivity index (χ0) is 20.2. The van der Waals surface area contributed by atoms with Crippen LogP contribution in [0.3, 0.4) is 0 Å². The maximum absolute atomic E-state index is 12.6. The molecule has 0 aliphatic rings. The molecule has 6 nitrogen and oxygen atoms in total. The highest BCUT2D eigenvalue weighted by atomic mass is 35.5. The summed E-state index contributed by atoms with van der Waals surface area (Å²) in [7, 11) is 1.55. The summed E-state index contributed by atoms with van der Waals surface area (Å²) >= 11 is 6.30. The largest absolute Gasteiger partial charge is 0.493 e. The van der Waals surface area contributed by atoms with E-state index in [2.05, 4.69) is 10.3 Å². The summed E-state index contributed by atoms with van der Waals surface area (Å²) in [6.45, 7) is 0.347. The van der Waals surface area contributed by atoms with E-state index >= 15 is 0 Å². The predicted octanol–water partition coefficient (Wildman–Crippen LogP) is 5.32. The number of carbonyl (C=O) groups excluding carboxylic acids is 1. The van der Waals surface area contributed by atoms with E-state index in [0.29, 0.717) is 34.4 Å². The van der Waals surface area contributed by atoms with Crippen molar-refractivity contribution < 1.29 is 18.7 Å². The molecule has 2 aromatic heterocycles. The molecule has 0 bridgehead atoms. The van der Waals surface area contributed by atoms with Crippen LogP contribution in [0.1, 0.15) is 16.1 Å². The van der Waals surface area contributed by atoms with Crippen LogP contribution in [0.4, 0.5) is 5.69 Å². The van der Waals surface area contributed by atoms with Crippen molar-refractivity contribution in [2.45, 2.75) is 6.61 Å². The molecule has 2 heterocycles. The van der Waals surface area contributed by atoms with Crippen LogP contribution < -0.4 is 14.8 Å². The Bertz CT molecular complexity index is 1160. The van der Waals surface area contributed by atoms with Gasteiger partial charge in [0.15, 0.2) is 17.1 Å². The van der Waals surface area contributed by atoms with Crippen LogP contribution in [0, 0.1) is 0 Å². The molecular weight excluding hydrogens is 392 g/mol. The van der Waals surface area contributed by atoms with Gasteiger partial charge in [0.05, 0.1) is 12.1 Å². The molecule has 29 heavy (non-hydrogen) atoms. The van der Waals surface area contributed by atoms with Crippen molar-refractivity contribution in [1.29, 1.82) is 0 Å². The van der Waals surface area contributed by atoms with Gasteiger partial charge in [-0.05, 0) is 36.4 Å². The van der Waals surface area contributed by atoms with E-state index in [1.165, 1.54) is 0 Å². The third kappa shape index (κ3) is 4.17. The number of para-hydroxylation sites is 1. The second kappa shape index (κ2) is 8.24. The van der Waals surface area contributed by atoms with Gasteiger partial charge < -0.3 is 19.2 Å². The Labute approximate surface area is 172 Å². The molecule has 0 saturated heterocycles. The van der Waals surface area contributed by atoms with Crippen molar-refractivity contribution in [3.05, 3.63) is 83.3 Å². The number of aromatic nitrogens is 1. The maximum Gasteiger partial charge on any atom is 0.291 e. The number of benzene rings is 2. The highest BCUT2D eigenvalue weighted by Gasteiger charge is 2.15. The minimum Gasteiger partial charge on any atom is -0.493 e. The molecule has 0 unspecified atom stereocenters. The molecule has 0 radical (unpaired) electrons. The fourth-order valence-corrected chi connectivity index (χ4v) is 3.08. The Morgan fingerprint density at radius 3 is 2.79 bits per heavy atom. The Kier molecular flexibility index (Phi) is 5.35. The number of rotatable bonds is 6. The van der Waals surface area contributed by atoms with Gasteiger partial charge in [0, 0.05) is 29.0 Å². The van der Waals surface area contributed by atoms with Crippen LogP contribution in [0.2, 0.25) is 5.02 Å². The Morgan fingerprint density at radius 1 is 1.14 bits per heavy atom. The van der Waals surface area contributed by atoms with E-state index in [1.807, 2.05) is 24.3 Å². The number of hydrogen-bond acceptors (Lipinski definition) is 5. The molecule has 0 aliphatic carbocycles. The summed E-state index contributed by atoms with van der Waals surface area (Å²) in [4.78, 5) is 16.6. The molecule has 4 rings (SSSR count). The zero-order valence-electron chi connectivity index (χ0n) is 15.5. The van der Waals surface area contributed by atoms with E-state index in [0.717, 1.165) is 10.9 Å². The standard InChI is InChI=1S/C22H17ClN2O4/c1-27-19-6-2-5-15-10-20(29-21(15)19)22(26)25-16-7-8-18(17(23)11-16)28-13-14-4-3-9-24-12-14/h2-12H,13H2,1H3,(H,25,26). The lowest BCUT2D eigenvalue weighted by Crippen LogP contribution is -2.10. The van der Waals surface area contributed by atoms with Gasteiger partial charge in [-0.25, -0.2) is 0 Å². The van der Waals surface area contributed by atoms with Gasteiger partial charge in [0.25, 0.3) is 5.91 Å². The average Bonchev–Trinajstić information content (AvgIpc) is 3.18. The van der Waals surface area contributed by atoms with Crippen LogP contribution in [0.15, 0.2) is 71.4 Å². The molecule has 1 amide bonds. The Balaban J connectivity index is 1.46. The van der Waals surface area contributed by atoms with E-state index in [4.69, 9.17) is 25.5 Å². The lowest BCUT2D eigenvalue weighted by molar-refractivity contribution is 0.0998. The maximum atomic E-state index is 12.6. The Morgan fingerprint density at radius 2 is 2.03 bits per heavy atom. The van der Waals surface area contributed by atoms with Gasteiger partial charge in [0.1, 0.15) is 12.4 Å². The van der Waals surface area contributed by atoms with E-state index in [1.54, 1.807) is 49.8 Å². The number of pyridine rings is 1. The second-order valence-corrected chi connectivity index (χ2v) is 6.65. The summed E-state index contributed by atoms with van der Waals surface area (Å²) in [6.07, 6.45) is 3.43. The summed E-state index contributed by atoms with van der Waals surface area (Å²) in [5.41, 5.74) is 1.99. The normalized spacial score (nSPS) is 10.7. The third-order valence-corrected chi connectivity index (χ3v) is 4.55. The van der Waals surface area contributed by atoms with Crippen molar-refractivity contribution in [3.8, 4) is 11.5 Å². The molecule has 0 atom stereocenters. The highest BCUT2D eigenvalue weighted by Crippen LogP contribution is 2.30. The minimum atomic E-state index is -0.386. The number of methoxy groups -OCH3 is 1. The lowest BCUT2D eigenvalue weighted by atomic mass is 10.2. The molecule has 7 heteroatoms. The number of halogens is 1. The van der Waals surface area contributed by atoms with Gasteiger partial charge in [-0.1, -0.05) is 29.8 Å². The topological polar surface area (TPSA) is 73.6 Å². The van der Waals surface area contributed by atoms with Crippen molar-refractivity contribution in [3.63, 3.8) is 0 Å². The fourth-order valence-electron chi connectivity index (χ4n) is 2.84. The minimum absolute atomic E-state index is 0.178. The van der Waals surface area contributed by atoms with Crippen LogP contribution in [0.25, 0.3) is 11.0 Å². The molecule has 1 N–H and O–H groups in total. The van der Waals surface area contributed by atoms with Gasteiger partial charge in [-0.15, -0.1) is 0 Å². The molecule has 2 aromatic carbocycles. The number of nitrogens with one attached hydrogen (secondary N) is 1. The second-order valence-electron chi connectivity index (χ2n) is 6.24. The quantitative estimate of drug-likeness (QED) is 0.467. The summed E-state index contributed by atoms with van der Waals surface area (Å²) in [5, 5.41) is 3.95. The van der Waals surface area contributed by atoms with E-state index in [9.17, 15) is 4.79 Å². The van der Waals surface area contributed by atoms with Crippen LogP contribution in [-0.4, -0.2) is 18.0 Å². The molecule has 0 saturated carbocycles. The van der Waals surface area contributed by atoms with Crippen LogP contribution >= 0.6 is 11.6 Å². The first-order valence-corrected chi connectivity index (χ1v) is 9.21. The third-order valence-electron chi connectivity index (χ3n) is 4.26. The van der Waals surface area contributed by atoms with Crippen molar-refractivity contribution in [2.24, 2.45) is 0 Å². The number of fused-ring (bicyclic) bond motifs is 1. The summed E-state index contributed by atoms with van der Waals surface area (Å²) < 4.78 is 16.6. The zero-order valence-corrected chi connectivity index (χ0v) is 16.3.